The number of carbonyl (C=O) groups is 1. The lowest BCUT2D eigenvalue weighted by atomic mass is 10.0. The summed E-state index contributed by atoms with van der Waals surface area (Å²) in [5.74, 6) is 0.912. The molecule has 0 spiro atoms. The summed E-state index contributed by atoms with van der Waals surface area (Å²) in [6.07, 6.45) is 1.17. The van der Waals surface area contributed by atoms with Crippen LogP contribution in [0.25, 0.3) is 0 Å². The normalized spacial score (nSPS) is 15.9. The standard InChI is InChI=1S/C22H28N2O3/c25-22(12-7-15-27-20-10-5-2-6-11-20)23-18-21(19-8-3-1-4-9-19)24-13-16-26-17-14-24/h1-6,8-11,21H,7,12-18H2,(H,23,25). The van der Waals surface area contributed by atoms with Gasteiger partial charge in [-0.1, -0.05) is 48.5 Å². The van der Waals surface area contributed by atoms with Gasteiger partial charge in [-0.25, -0.2) is 0 Å². The highest BCUT2D eigenvalue weighted by atomic mass is 16.5. The maximum Gasteiger partial charge on any atom is 0.220 e. The van der Waals surface area contributed by atoms with Crippen molar-refractivity contribution in [1.29, 1.82) is 0 Å². The summed E-state index contributed by atoms with van der Waals surface area (Å²) in [6.45, 7) is 4.42. The molecule has 5 heteroatoms. The van der Waals surface area contributed by atoms with Crippen LogP contribution in [0, 0.1) is 0 Å². The van der Waals surface area contributed by atoms with Gasteiger partial charge in [0.2, 0.25) is 5.91 Å². The first-order valence-corrected chi connectivity index (χ1v) is 9.64. The number of nitrogens with one attached hydrogen (secondary N) is 1. The molecule has 0 saturated carbocycles. The van der Waals surface area contributed by atoms with Gasteiger partial charge in [0.25, 0.3) is 0 Å². The number of hydrogen-bond donors (Lipinski definition) is 1. The Kier molecular flexibility index (Phi) is 7.69. The average molecular weight is 368 g/mol. The Morgan fingerprint density at radius 2 is 1.70 bits per heavy atom. The molecule has 1 N–H and O–H groups in total. The molecule has 0 bridgehead atoms. The SMILES string of the molecule is O=C(CCCOc1ccccc1)NCC(c1ccccc1)N1CCOCC1. The van der Waals surface area contributed by atoms with Gasteiger partial charge in [0, 0.05) is 26.1 Å². The number of morpholine rings is 1. The van der Waals surface area contributed by atoms with Crippen LogP contribution >= 0.6 is 0 Å². The highest BCUT2D eigenvalue weighted by Gasteiger charge is 2.22. The average Bonchev–Trinajstić information content (AvgIpc) is 2.74. The smallest absolute Gasteiger partial charge is 0.220 e. The minimum atomic E-state index is 0.0702. The molecule has 1 fully saturated rings. The topological polar surface area (TPSA) is 50.8 Å². The van der Waals surface area contributed by atoms with Crippen LogP contribution in [0.3, 0.4) is 0 Å². The summed E-state index contributed by atoms with van der Waals surface area (Å²) in [6, 6.07) is 20.2. The molecule has 0 aromatic heterocycles. The van der Waals surface area contributed by atoms with Crippen molar-refractivity contribution in [3.8, 4) is 5.75 Å². The van der Waals surface area contributed by atoms with Crippen molar-refractivity contribution < 1.29 is 14.3 Å². The van der Waals surface area contributed by atoms with Crippen molar-refractivity contribution in [3.05, 3.63) is 66.2 Å². The second-order valence-corrected chi connectivity index (χ2v) is 6.64. The van der Waals surface area contributed by atoms with Gasteiger partial charge in [-0.2, -0.15) is 0 Å². The van der Waals surface area contributed by atoms with Crippen LogP contribution in [0.5, 0.6) is 5.75 Å². The van der Waals surface area contributed by atoms with E-state index < -0.39 is 0 Å². The van der Waals surface area contributed by atoms with E-state index in [1.165, 1.54) is 5.56 Å². The predicted molar refractivity (Wildman–Crippen MR) is 106 cm³/mol. The third kappa shape index (κ3) is 6.38. The summed E-state index contributed by atoms with van der Waals surface area (Å²) in [5, 5.41) is 3.10. The Morgan fingerprint density at radius 1 is 1.04 bits per heavy atom. The molecule has 1 aliphatic heterocycles. The molecule has 0 aliphatic carbocycles. The number of nitrogens with zero attached hydrogens (tertiary/aromatic N) is 1. The minimum absolute atomic E-state index is 0.0702. The third-order valence-electron chi connectivity index (χ3n) is 4.72. The summed E-state index contributed by atoms with van der Waals surface area (Å²) in [4.78, 5) is 14.6. The van der Waals surface area contributed by atoms with E-state index in [-0.39, 0.29) is 11.9 Å². The van der Waals surface area contributed by atoms with Gasteiger partial charge in [0.05, 0.1) is 25.9 Å². The molecule has 2 aromatic carbocycles. The van der Waals surface area contributed by atoms with Crippen LogP contribution in [0.4, 0.5) is 0 Å². The van der Waals surface area contributed by atoms with E-state index in [0.717, 1.165) is 32.1 Å². The zero-order valence-electron chi connectivity index (χ0n) is 15.7. The van der Waals surface area contributed by atoms with Gasteiger partial charge in [-0.05, 0) is 24.1 Å². The number of ether oxygens (including phenoxy) is 2. The lowest BCUT2D eigenvalue weighted by Gasteiger charge is -2.35. The second-order valence-electron chi connectivity index (χ2n) is 6.64. The number of benzene rings is 2. The molecule has 1 heterocycles. The fourth-order valence-electron chi connectivity index (χ4n) is 3.26. The molecular formula is C22H28N2O3. The van der Waals surface area contributed by atoms with Crippen LogP contribution in [0.15, 0.2) is 60.7 Å². The molecule has 1 amide bonds. The van der Waals surface area contributed by atoms with E-state index in [1.54, 1.807) is 0 Å². The van der Waals surface area contributed by atoms with Crippen LogP contribution in [-0.2, 0) is 9.53 Å². The number of hydrogen-bond acceptors (Lipinski definition) is 4. The zero-order chi connectivity index (χ0) is 18.7. The maximum absolute atomic E-state index is 12.3. The molecular weight excluding hydrogens is 340 g/mol. The molecule has 5 nitrogen and oxygen atoms in total. The summed E-state index contributed by atoms with van der Waals surface area (Å²) < 4.78 is 11.1. The van der Waals surface area contributed by atoms with Crippen LogP contribution in [0.2, 0.25) is 0 Å². The van der Waals surface area contributed by atoms with E-state index in [9.17, 15) is 4.79 Å². The van der Waals surface area contributed by atoms with Crippen LogP contribution < -0.4 is 10.1 Å². The molecule has 27 heavy (non-hydrogen) atoms. The molecule has 144 valence electrons. The summed E-state index contributed by atoms with van der Waals surface area (Å²) in [5.41, 5.74) is 1.23. The highest BCUT2D eigenvalue weighted by molar-refractivity contribution is 5.75. The molecule has 1 atom stereocenters. The van der Waals surface area contributed by atoms with Crippen molar-refractivity contribution in [2.45, 2.75) is 18.9 Å². The first-order valence-electron chi connectivity index (χ1n) is 9.64. The molecule has 2 aromatic rings. The molecule has 1 saturated heterocycles. The van der Waals surface area contributed by atoms with Crippen LogP contribution in [0.1, 0.15) is 24.4 Å². The fraction of sp³-hybridized carbons (Fsp3) is 0.409. The van der Waals surface area contributed by atoms with Gasteiger partial charge in [0.15, 0.2) is 0 Å². The van der Waals surface area contributed by atoms with Crippen molar-refractivity contribution in [2.75, 3.05) is 39.5 Å². The fourth-order valence-corrected chi connectivity index (χ4v) is 3.26. The predicted octanol–water partition coefficient (Wildman–Crippen LogP) is 3.04. The van der Waals surface area contributed by atoms with Gasteiger partial charge in [0.1, 0.15) is 5.75 Å². The van der Waals surface area contributed by atoms with E-state index >= 15 is 0 Å². The Balaban J connectivity index is 1.44. The second kappa shape index (κ2) is 10.7. The van der Waals surface area contributed by atoms with Gasteiger partial charge in [-0.3, -0.25) is 9.69 Å². The van der Waals surface area contributed by atoms with Crippen LogP contribution in [-0.4, -0.2) is 50.3 Å². The van der Waals surface area contributed by atoms with Crippen molar-refractivity contribution in [3.63, 3.8) is 0 Å². The molecule has 0 radical (unpaired) electrons. The van der Waals surface area contributed by atoms with Crippen molar-refractivity contribution >= 4 is 5.91 Å². The Hall–Kier alpha value is -2.37. The monoisotopic (exact) mass is 368 g/mol. The Labute approximate surface area is 161 Å². The Morgan fingerprint density at radius 3 is 2.41 bits per heavy atom. The minimum Gasteiger partial charge on any atom is -0.494 e. The van der Waals surface area contributed by atoms with Gasteiger partial charge in [-0.15, -0.1) is 0 Å². The van der Waals surface area contributed by atoms with Crippen molar-refractivity contribution in [1.82, 2.24) is 10.2 Å². The first kappa shape index (κ1) is 19.4. The lowest BCUT2D eigenvalue weighted by Crippen LogP contribution is -2.43. The number of amides is 1. The molecule has 3 rings (SSSR count). The van der Waals surface area contributed by atoms with E-state index in [1.807, 2.05) is 48.5 Å². The van der Waals surface area contributed by atoms with E-state index in [0.29, 0.717) is 26.0 Å². The van der Waals surface area contributed by atoms with E-state index in [2.05, 4.69) is 22.3 Å². The number of rotatable bonds is 9. The highest BCUT2D eigenvalue weighted by Crippen LogP contribution is 2.21. The Bertz CT molecular complexity index is 672. The number of para-hydroxylation sites is 1. The van der Waals surface area contributed by atoms with Gasteiger partial charge >= 0.3 is 0 Å². The number of carbonyl (C=O) groups excluding carboxylic acids is 1. The van der Waals surface area contributed by atoms with Crippen molar-refractivity contribution in [2.24, 2.45) is 0 Å². The summed E-state index contributed by atoms with van der Waals surface area (Å²) >= 11 is 0. The molecule has 1 unspecified atom stereocenters. The van der Waals surface area contributed by atoms with E-state index in [4.69, 9.17) is 9.47 Å². The quantitative estimate of drug-likeness (QED) is 0.691. The maximum atomic E-state index is 12.3. The van der Waals surface area contributed by atoms with Gasteiger partial charge < -0.3 is 14.8 Å². The summed E-state index contributed by atoms with van der Waals surface area (Å²) in [7, 11) is 0. The largest absolute Gasteiger partial charge is 0.494 e. The molecule has 1 aliphatic rings. The first-order chi connectivity index (χ1) is 13.3. The third-order valence-corrected chi connectivity index (χ3v) is 4.72. The zero-order valence-corrected chi connectivity index (χ0v) is 15.7. The lowest BCUT2D eigenvalue weighted by molar-refractivity contribution is -0.121.